The van der Waals surface area contributed by atoms with Crippen LogP contribution in [0.25, 0.3) is 0 Å². The maximum Gasteiger partial charge on any atom is 0.0992 e. The Kier molecular flexibility index (Phi) is 3.32. The molecule has 0 saturated carbocycles. The van der Waals surface area contributed by atoms with E-state index in [1.165, 1.54) is 0 Å². The van der Waals surface area contributed by atoms with Gasteiger partial charge in [-0.1, -0.05) is 6.07 Å². The van der Waals surface area contributed by atoms with Gasteiger partial charge in [0, 0.05) is 5.69 Å². The quantitative estimate of drug-likeness (QED) is 0.881. The van der Waals surface area contributed by atoms with E-state index in [1.54, 1.807) is 0 Å². The van der Waals surface area contributed by atoms with E-state index in [-0.39, 0.29) is 17.2 Å². The Balaban J connectivity index is 2.25. The van der Waals surface area contributed by atoms with Gasteiger partial charge in [-0.25, -0.2) is 0 Å². The SMILES string of the molecule is Cc1ccc(C#N)cc1NC1CC(C)(C)OC1(C)C. The van der Waals surface area contributed by atoms with Crippen LogP contribution in [0.2, 0.25) is 0 Å². The lowest BCUT2D eigenvalue weighted by Crippen LogP contribution is -2.38. The maximum atomic E-state index is 9.00. The number of hydrogen-bond donors (Lipinski definition) is 1. The third kappa shape index (κ3) is 2.90. The Hall–Kier alpha value is -1.53. The molecule has 0 amide bonds. The molecule has 1 atom stereocenters. The monoisotopic (exact) mass is 258 g/mol. The normalized spacial score (nSPS) is 23.9. The topological polar surface area (TPSA) is 45.0 Å². The van der Waals surface area contributed by atoms with Crippen LogP contribution in [0.3, 0.4) is 0 Å². The van der Waals surface area contributed by atoms with Crippen LogP contribution in [0.5, 0.6) is 0 Å². The highest BCUT2D eigenvalue weighted by molar-refractivity contribution is 5.56. The van der Waals surface area contributed by atoms with Crippen LogP contribution in [0.15, 0.2) is 18.2 Å². The zero-order chi connectivity index (χ0) is 14.3. The van der Waals surface area contributed by atoms with Crippen molar-refractivity contribution in [2.45, 2.75) is 58.3 Å². The van der Waals surface area contributed by atoms with Crippen molar-refractivity contribution in [3.63, 3.8) is 0 Å². The van der Waals surface area contributed by atoms with Gasteiger partial charge in [-0.15, -0.1) is 0 Å². The number of aryl methyl sites for hydroxylation is 1. The number of benzene rings is 1. The number of nitriles is 1. The van der Waals surface area contributed by atoms with Crippen molar-refractivity contribution in [2.24, 2.45) is 0 Å². The van der Waals surface area contributed by atoms with E-state index < -0.39 is 0 Å². The summed E-state index contributed by atoms with van der Waals surface area (Å²) in [6.45, 7) is 10.5. The maximum absolute atomic E-state index is 9.00. The molecule has 1 saturated heterocycles. The van der Waals surface area contributed by atoms with Crippen molar-refractivity contribution in [1.82, 2.24) is 0 Å². The molecule has 1 fully saturated rings. The van der Waals surface area contributed by atoms with E-state index in [9.17, 15) is 0 Å². The summed E-state index contributed by atoms with van der Waals surface area (Å²) in [5, 5.41) is 12.6. The molecule has 19 heavy (non-hydrogen) atoms. The van der Waals surface area contributed by atoms with Gasteiger partial charge in [0.15, 0.2) is 0 Å². The summed E-state index contributed by atoms with van der Waals surface area (Å²) < 4.78 is 6.09. The fourth-order valence-electron chi connectivity index (χ4n) is 2.82. The van der Waals surface area contributed by atoms with Gasteiger partial charge in [0.1, 0.15) is 0 Å². The fourth-order valence-corrected chi connectivity index (χ4v) is 2.82. The molecule has 0 spiro atoms. The highest BCUT2D eigenvalue weighted by atomic mass is 16.5. The lowest BCUT2D eigenvalue weighted by Gasteiger charge is -2.28. The lowest BCUT2D eigenvalue weighted by atomic mass is 9.94. The van der Waals surface area contributed by atoms with Crippen LogP contribution in [-0.4, -0.2) is 17.2 Å². The first kappa shape index (κ1) is 13.9. The molecule has 0 radical (unpaired) electrons. The first-order valence-corrected chi connectivity index (χ1v) is 6.71. The van der Waals surface area contributed by atoms with Crippen molar-refractivity contribution >= 4 is 5.69 Å². The summed E-state index contributed by atoms with van der Waals surface area (Å²) in [4.78, 5) is 0. The standard InChI is InChI=1S/C16H22N2O/c1-11-6-7-12(10-17)8-13(11)18-14-9-15(2,3)19-16(14,4)5/h6-8,14,18H,9H2,1-5H3. The molecule has 2 rings (SSSR count). The zero-order valence-electron chi connectivity index (χ0n) is 12.4. The molecule has 3 heteroatoms. The second-order valence-corrected chi connectivity index (χ2v) is 6.51. The molecule has 0 aromatic heterocycles. The van der Waals surface area contributed by atoms with Crippen LogP contribution in [0.1, 0.15) is 45.2 Å². The zero-order valence-corrected chi connectivity index (χ0v) is 12.4. The predicted molar refractivity (Wildman–Crippen MR) is 77.2 cm³/mol. The van der Waals surface area contributed by atoms with Crippen LogP contribution in [0.4, 0.5) is 5.69 Å². The predicted octanol–water partition coefficient (Wildman–Crippen LogP) is 3.62. The summed E-state index contributed by atoms with van der Waals surface area (Å²) >= 11 is 0. The molecule has 102 valence electrons. The van der Waals surface area contributed by atoms with Gasteiger partial charge in [-0.2, -0.15) is 5.26 Å². The van der Waals surface area contributed by atoms with Gasteiger partial charge in [-0.3, -0.25) is 0 Å². The van der Waals surface area contributed by atoms with Crippen molar-refractivity contribution < 1.29 is 4.74 Å². The molecule has 1 aromatic rings. The van der Waals surface area contributed by atoms with Gasteiger partial charge in [-0.05, 0) is 58.7 Å². The summed E-state index contributed by atoms with van der Waals surface area (Å²) in [6, 6.07) is 8.17. The summed E-state index contributed by atoms with van der Waals surface area (Å²) in [6.07, 6.45) is 0.955. The Labute approximate surface area is 115 Å². The third-order valence-electron chi connectivity index (χ3n) is 3.77. The molecule has 1 N–H and O–H groups in total. The molecule has 1 aliphatic heterocycles. The van der Waals surface area contributed by atoms with E-state index in [2.05, 4.69) is 46.0 Å². The van der Waals surface area contributed by atoms with Gasteiger partial charge in [0.25, 0.3) is 0 Å². The van der Waals surface area contributed by atoms with E-state index in [1.807, 2.05) is 18.2 Å². The number of anilines is 1. The molecule has 0 aliphatic carbocycles. The number of nitrogens with one attached hydrogen (secondary N) is 1. The van der Waals surface area contributed by atoms with E-state index >= 15 is 0 Å². The molecule has 1 unspecified atom stereocenters. The van der Waals surface area contributed by atoms with Crippen LogP contribution in [-0.2, 0) is 4.74 Å². The minimum atomic E-state index is -0.210. The molecule has 1 aliphatic rings. The average molecular weight is 258 g/mol. The van der Waals surface area contributed by atoms with Crippen LogP contribution in [0, 0.1) is 18.3 Å². The van der Waals surface area contributed by atoms with E-state index in [0.29, 0.717) is 5.56 Å². The van der Waals surface area contributed by atoms with Crippen molar-refractivity contribution in [1.29, 1.82) is 5.26 Å². The van der Waals surface area contributed by atoms with Gasteiger partial charge >= 0.3 is 0 Å². The largest absolute Gasteiger partial charge is 0.379 e. The molecular weight excluding hydrogens is 236 g/mol. The van der Waals surface area contributed by atoms with Crippen molar-refractivity contribution in [2.75, 3.05) is 5.32 Å². The first-order valence-electron chi connectivity index (χ1n) is 6.71. The number of rotatable bonds is 2. The van der Waals surface area contributed by atoms with E-state index in [4.69, 9.17) is 10.00 Å². The summed E-state index contributed by atoms with van der Waals surface area (Å²) in [5.41, 5.74) is 2.54. The van der Waals surface area contributed by atoms with Crippen LogP contribution >= 0.6 is 0 Å². The Bertz CT molecular complexity index is 526. The first-order chi connectivity index (χ1) is 8.73. The van der Waals surface area contributed by atoms with Crippen molar-refractivity contribution in [3.8, 4) is 6.07 Å². The van der Waals surface area contributed by atoms with Gasteiger partial charge < -0.3 is 10.1 Å². The lowest BCUT2D eigenvalue weighted by molar-refractivity contribution is -0.0662. The highest BCUT2D eigenvalue weighted by Crippen LogP contribution is 2.39. The molecular formula is C16H22N2O. The smallest absolute Gasteiger partial charge is 0.0992 e. The van der Waals surface area contributed by atoms with E-state index in [0.717, 1.165) is 17.7 Å². The number of ether oxygens (including phenoxy) is 1. The molecule has 1 aromatic carbocycles. The Morgan fingerprint density at radius 1 is 1.32 bits per heavy atom. The number of nitrogens with zero attached hydrogens (tertiary/aromatic N) is 1. The van der Waals surface area contributed by atoms with Crippen LogP contribution < -0.4 is 5.32 Å². The second kappa shape index (κ2) is 4.54. The average Bonchev–Trinajstić information content (AvgIpc) is 2.49. The molecule has 3 nitrogen and oxygen atoms in total. The minimum Gasteiger partial charge on any atom is -0.379 e. The third-order valence-corrected chi connectivity index (χ3v) is 3.77. The van der Waals surface area contributed by atoms with Gasteiger partial charge in [0.2, 0.25) is 0 Å². The summed E-state index contributed by atoms with van der Waals surface area (Å²) in [7, 11) is 0. The Morgan fingerprint density at radius 2 is 2.00 bits per heavy atom. The number of hydrogen-bond acceptors (Lipinski definition) is 3. The fraction of sp³-hybridized carbons (Fsp3) is 0.562. The van der Waals surface area contributed by atoms with Gasteiger partial charge in [0.05, 0.1) is 28.9 Å². The summed E-state index contributed by atoms with van der Waals surface area (Å²) in [5.74, 6) is 0. The highest BCUT2D eigenvalue weighted by Gasteiger charge is 2.45. The Morgan fingerprint density at radius 3 is 2.53 bits per heavy atom. The van der Waals surface area contributed by atoms with Crippen molar-refractivity contribution in [3.05, 3.63) is 29.3 Å². The second-order valence-electron chi connectivity index (χ2n) is 6.51. The minimum absolute atomic E-state index is 0.109. The molecule has 0 bridgehead atoms. The molecule has 1 heterocycles.